The van der Waals surface area contributed by atoms with Crippen LogP contribution >= 0.6 is 0 Å². The third-order valence-electron chi connectivity index (χ3n) is 3.39. The summed E-state index contributed by atoms with van der Waals surface area (Å²) in [5.74, 6) is 0.260. The molecule has 1 unspecified atom stereocenters. The summed E-state index contributed by atoms with van der Waals surface area (Å²) in [6.07, 6.45) is 3.63. The van der Waals surface area contributed by atoms with E-state index in [1.165, 1.54) is 6.42 Å². The lowest BCUT2D eigenvalue weighted by Crippen LogP contribution is -2.42. The molecular weight excluding hydrogens is 214 g/mol. The molecule has 0 bridgehead atoms. The summed E-state index contributed by atoms with van der Waals surface area (Å²) in [6.45, 7) is 11.1. The second-order valence-corrected chi connectivity index (χ2v) is 4.71. The second-order valence-electron chi connectivity index (χ2n) is 4.71. The van der Waals surface area contributed by atoms with Crippen molar-refractivity contribution in [1.29, 1.82) is 0 Å². The average molecular weight is 241 g/mol. The third-order valence-corrected chi connectivity index (χ3v) is 3.39. The molecule has 1 N–H and O–H groups in total. The Morgan fingerprint density at radius 1 is 1.29 bits per heavy atom. The summed E-state index contributed by atoms with van der Waals surface area (Å²) < 4.78 is 0. The molecule has 1 aliphatic heterocycles. The van der Waals surface area contributed by atoms with E-state index in [1.54, 1.807) is 0 Å². The predicted molar refractivity (Wildman–Crippen MR) is 70.8 cm³/mol. The molecule has 0 aromatic rings. The lowest BCUT2D eigenvalue weighted by molar-refractivity contribution is -0.128. The summed E-state index contributed by atoms with van der Waals surface area (Å²) >= 11 is 0. The molecule has 4 heteroatoms. The van der Waals surface area contributed by atoms with Gasteiger partial charge < -0.3 is 9.80 Å². The largest absolute Gasteiger partial charge is 0.325 e. The first-order valence-corrected chi connectivity index (χ1v) is 6.98. The van der Waals surface area contributed by atoms with Crippen molar-refractivity contribution in [2.24, 2.45) is 0 Å². The van der Waals surface area contributed by atoms with Crippen LogP contribution in [0.3, 0.4) is 0 Å². The van der Waals surface area contributed by atoms with Crippen LogP contribution in [0, 0.1) is 0 Å². The van der Waals surface area contributed by atoms with Gasteiger partial charge in [-0.2, -0.15) is 0 Å². The van der Waals surface area contributed by atoms with E-state index < -0.39 is 0 Å². The van der Waals surface area contributed by atoms with Crippen LogP contribution in [0.25, 0.3) is 0 Å². The molecule has 4 nitrogen and oxygen atoms in total. The molecule has 1 saturated heterocycles. The van der Waals surface area contributed by atoms with Gasteiger partial charge in [-0.3, -0.25) is 10.1 Å². The summed E-state index contributed by atoms with van der Waals surface area (Å²) in [7, 11) is 0. The fraction of sp³-hybridized carbons (Fsp3) is 0.923. The fourth-order valence-corrected chi connectivity index (χ4v) is 2.40. The monoisotopic (exact) mass is 241 g/mol. The maximum Gasteiger partial charge on any atom is 0.237 e. The minimum Gasteiger partial charge on any atom is -0.325 e. The Morgan fingerprint density at radius 3 is 2.65 bits per heavy atom. The zero-order valence-electron chi connectivity index (χ0n) is 11.5. The number of nitrogens with one attached hydrogen (secondary N) is 1. The molecule has 1 rings (SSSR count). The van der Waals surface area contributed by atoms with Crippen molar-refractivity contribution in [3.63, 3.8) is 0 Å². The van der Waals surface area contributed by atoms with Crippen LogP contribution in [0.1, 0.15) is 40.0 Å². The van der Waals surface area contributed by atoms with E-state index in [-0.39, 0.29) is 12.1 Å². The third kappa shape index (κ3) is 4.28. The Balaban J connectivity index is 2.39. The Hall–Kier alpha value is -0.610. The average Bonchev–Trinajstić information content (AvgIpc) is 2.67. The van der Waals surface area contributed by atoms with Crippen molar-refractivity contribution in [2.75, 3.05) is 32.7 Å². The van der Waals surface area contributed by atoms with Gasteiger partial charge >= 0.3 is 0 Å². The smallest absolute Gasteiger partial charge is 0.237 e. The molecule has 100 valence electrons. The number of rotatable bonds is 8. The minimum atomic E-state index is 0.260. The molecule has 1 atom stereocenters. The molecular formula is C13H27N3O. The van der Waals surface area contributed by atoms with E-state index in [9.17, 15) is 4.79 Å². The predicted octanol–water partition coefficient (Wildman–Crippen LogP) is 1.28. The molecule has 17 heavy (non-hydrogen) atoms. The highest BCUT2D eigenvalue weighted by molar-refractivity contribution is 5.80. The van der Waals surface area contributed by atoms with Crippen LogP contribution in [0.4, 0.5) is 0 Å². The van der Waals surface area contributed by atoms with E-state index in [2.05, 4.69) is 31.0 Å². The second kappa shape index (κ2) is 7.67. The summed E-state index contributed by atoms with van der Waals surface area (Å²) in [5.41, 5.74) is 0. The number of likely N-dealkylation sites (N-methyl/N-ethyl adjacent to an activating group) is 1. The molecule has 1 fully saturated rings. The van der Waals surface area contributed by atoms with Crippen LogP contribution in [0.5, 0.6) is 0 Å². The van der Waals surface area contributed by atoms with Crippen LogP contribution in [0.15, 0.2) is 0 Å². The van der Waals surface area contributed by atoms with Crippen molar-refractivity contribution in [3.05, 3.63) is 0 Å². The molecule has 1 aliphatic rings. The number of hydrogen-bond donors (Lipinski definition) is 1. The van der Waals surface area contributed by atoms with E-state index in [1.807, 2.05) is 4.90 Å². The van der Waals surface area contributed by atoms with Gasteiger partial charge in [0.25, 0.3) is 0 Å². The summed E-state index contributed by atoms with van der Waals surface area (Å²) in [6, 6.07) is 0. The van der Waals surface area contributed by atoms with Gasteiger partial charge in [0.05, 0.1) is 12.7 Å². The Labute approximate surface area is 105 Å². The van der Waals surface area contributed by atoms with Gasteiger partial charge in [-0.05, 0) is 25.9 Å². The summed E-state index contributed by atoms with van der Waals surface area (Å²) in [5, 5.41) is 3.29. The first-order chi connectivity index (χ1) is 8.22. The molecule has 0 aromatic carbocycles. The number of nitrogens with zero attached hydrogens (tertiary/aromatic N) is 2. The standard InChI is InChI=1S/C13H27N3O/c1-4-7-12-14-11-13(17)16(12)10-9-15(6-3)8-5-2/h12,14H,4-11H2,1-3H3. The first-order valence-electron chi connectivity index (χ1n) is 6.98. The Bertz CT molecular complexity index is 233. The van der Waals surface area contributed by atoms with Gasteiger partial charge in [0.2, 0.25) is 5.91 Å². The zero-order chi connectivity index (χ0) is 12.7. The highest BCUT2D eigenvalue weighted by atomic mass is 16.2. The van der Waals surface area contributed by atoms with Crippen LogP contribution in [-0.2, 0) is 4.79 Å². The maximum absolute atomic E-state index is 11.8. The molecule has 0 saturated carbocycles. The van der Waals surface area contributed by atoms with E-state index in [0.717, 1.165) is 39.0 Å². The van der Waals surface area contributed by atoms with Gasteiger partial charge in [-0.15, -0.1) is 0 Å². The molecule has 1 heterocycles. The van der Waals surface area contributed by atoms with Crippen molar-refractivity contribution in [1.82, 2.24) is 15.1 Å². The van der Waals surface area contributed by atoms with Crippen molar-refractivity contribution >= 4 is 5.91 Å². The van der Waals surface area contributed by atoms with E-state index in [0.29, 0.717) is 6.54 Å². The van der Waals surface area contributed by atoms with Gasteiger partial charge in [0.1, 0.15) is 0 Å². The maximum atomic E-state index is 11.8. The van der Waals surface area contributed by atoms with Gasteiger partial charge in [-0.1, -0.05) is 27.2 Å². The highest BCUT2D eigenvalue weighted by Gasteiger charge is 2.29. The van der Waals surface area contributed by atoms with Crippen molar-refractivity contribution in [2.45, 2.75) is 46.2 Å². The van der Waals surface area contributed by atoms with E-state index >= 15 is 0 Å². The topological polar surface area (TPSA) is 35.6 Å². The molecule has 1 amide bonds. The normalized spacial score (nSPS) is 20.6. The van der Waals surface area contributed by atoms with Gasteiger partial charge in [0, 0.05) is 13.1 Å². The number of amides is 1. The SMILES string of the molecule is CCCC1NCC(=O)N1CCN(CC)CCC. The molecule has 0 spiro atoms. The highest BCUT2D eigenvalue weighted by Crippen LogP contribution is 2.10. The number of carbonyl (C=O) groups is 1. The Kier molecular flexibility index (Phi) is 6.52. The molecule has 0 aliphatic carbocycles. The summed E-state index contributed by atoms with van der Waals surface area (Å²) in [4.78, 5) is 16.2. The lowest BCUT2D eigenvalue weighted by atomic mass is 10.2. The lowest BCUT2D eigenvalue weighted by Gasteiger charge is -2.27. The molecule has 0 aromatic heterocycles. The van der Waals surface area contributed by atoms with E-state index in [4.69, 9.17) is 0 Å². The first kappa shape index (κ1) is 14.5. The van der Waals surface area contributed by atoms with Gasteiger partial charge in [0.15, 0.2) is 0 Å². The number of hydrogen-bond acceptors (Lipinski definition) is 3. The van der Waals surface area contributed by atoms with Crippen LogP contribution in [0.2, 0.25) is 0 Å². The van der Waals surface area contributed by atoms with Crippen LogP contribution < -0.4 is 5.32 Å². The Morgan fingerprint density at radius 2 is 2.06 bits per heavy atom. The quantitative estimate of drug-likeness (QED) is 0.695. The van der Waals surface area contributed by atoms with Crippen LogP contribution in [-0.4, -0.2) is 54.6 Å². The zero-order valence-corrected chi connectivity index (χ0v) is 11.5. The molecule has 0 radical (unpaired) electrons. The van der Waals surface area contributed by atoms with Crippen molar-refractivity contribution in [3.8, 4) is 0 Å². The minimum absolute atomic E-state index is 0.260. The fourth-order valence-electron chi connectivity index (χ4n) is 2.40. The number of carbonyl (C=O) groups excluding carboxylic acids is 1. The van der Waals surface area contributed by atoms with Gasteiger partial charge in [-0.25, -0.2) is 0 Å². The van der Waals surface area contributed by atoms with Crippen molar-refractivity contribution < 1.29 is 4.79 Å².